The molecular weight excluding hydrogens is 288 g/mol. The van der Waals surface area contributed by atoms with Crippen molar-refractivity contribution in [3.8, 4) is 5.75 Å². The fraction of sp³-hybridized carbons (Fsp3) is 0.316. The Bertz CT molecular complexity index is 746. The van der Waals surface area contributed by atoms with Gasteiger partial charge in [0.25, 0.3) is 0 Å². The van der Waals surface area contributed by atoms with Crippen molar-refractivity contribution in [2.75, 3.05) is 6.67 Å². The molecule has 2 aliphatic rings. The lowest BCUT2D eigenvalue weighted by atomic mass is 9.72. The summed E-state index contributed by atoms with van der Waals surface area (Å²) in [5, 5.41) is 6.39. The molecule has 0 saturated carbocycles. The van der Waals surface area contributed by atoms with Gasteiger partial charge in [0.05, 0.1) is 12.2 Å². The van der Waals surface area contributed by atoms with Gasteiger partial charge in [-0.25, -0.2) is 0 Å². The smallest absolute Gasteiger partial charge is 0.223 e. The number of carbonyl (C=O) groups excluding carboxylic acids is 1. The van der Waals surface area contributed by atoms with Gasteiger partial charge in [-0.2, -0.15) is 0 Å². The Morgan fingerprint density at radius 2 is 1.78 bits per heavy atom. The average Bonchev–Trinajstić information content (AvgIpc) is 2.55. The van der Waals surface area contributed by atoms with E-state index >= 15 is 0 Å². The molecule has 1 spiro atoms. The molecule has 2 aliphatic heterocycles. The maximum Gasteiger partial charge on any atom is 0.223 e. The fourth-order valence-corrected chi connectivity index (χ4v) is 3.88. The van der Waals surface area contributed by atoms with E-state index in [2.05, 4.69) is 35.8 Å². The molecule has 4 rings (SSSR count). The summed E-state index contributed by atoms with van der Waals surface area (Å²) in [6.07, 6.45) is 1.14. The number of carbonyl (C=O) groups is 1. The molecule has 2 heterocycles. The Labute approximate surface area is 135 Å². The third kappa shape index (κ3) is 2.30. The highest BCUT2D eigenvalue weighted by Crippen LogP contribution is 2.49. The first kappa shape index (κ1) is 14.3. The molecule has 0 radical (unpaired) electrons. The lowest BCUT2D eigenvalue weighted by Crippen LogP contribution is -2.60. The van der Waals surface area contributed by atoms with Crippen molar-refractivity contribution in [2.24, 2.45) is 0 Å². The zero-order valence-corrected chi connectivity index (χ0v) is 13.1. The summed E-state index contributed by atoms with van der Waals surface area (Å²) >= 11 is 0. The van der Waals surface area contributed by atoms with E-state index in [9.17, 15) is 4.79 Å². The van der Waals surface area contributed by atoms with Gasteiger partial charge in [0.1, 0.15) is 11.4 Å². The molecule has 1 saturated heterocycles. The molecule has 2 aromatic rings. The molecule has 2 aromatic carbocycles. The van der Waals surface area contributed by atoms with Gasteiger partial charge in [-0.3, -0.25) is 10.1 Å². The quantitative estimate of drug-likeness (QED) is 0.851. The average molecular weight is 308 g/mol. The predicted molar refractivity (Wildman–Crippen MR) is 87.9 cm³/mol. The number of para-hydroxylation sites is 1. The molecule has 4 nitrogen and oxygen atoms in total. The van der Waals surface area contributed by atoms with Gasteiger partial charge in [-0.15, -0.1) is 0 Å². The largest absolute Gasteiger partial charge is 0.482 e. The van der Waals surface area contributed by atoms with Gasteiger partial charge in [0, 0.05) is 18.4 Å². The SMILES string of the molecule is CC1(c2ccccc2)CC2(CC(=O)NCN2)c2ccccc2O1. The Morgan fingerprint density at radius 1 is 1.04 bits per heavy atom. The van der Waals surface area contributed by atoms with Crippen molar-refractivity contribution in [2.45, 2.75) is 30.9 Å². The van der Waals surface area contributed by atoms with E-state index in [0.717, 1.165) is 16.9 Å². The molecule has 0 aromatic heterocycles. The number of hydrogen-bond donors (Lipinski definition) is 2. The molecule has 0 bridgehead atoms. The van der Waals surface area contributed by atoms with E-state index in [0.29, 0.717) is 19.5 Å². The number of ether oxygens (including phenoxy) is 1. The zero-order chi connectivity index (χ0) is 15.9. The van der Waals surface area contributed by atoms with Gasteiger partial charge in [0.15, 0.2) is 0 Å². The number of amides is 1. The molecule has 1 fully saturated rings. The second-order valence-electron chi connectivity index (χ2n) is 6.58. The van der Waals surface area contributed by atoms with Gasteiger partial charge in [-0.05, 0) is 18.6 Å². The zero-order valence-electron chi connectivity index (χ0n) is 13.1. The summed E-state index contributed by atoms with van der Waals surface area (Å²) in [6, 6.07) is 18.3. The summed E-state index contributed by atoms with van der Waals surface area (Å²) in [6.45, 7) is 2.59. The van der Waals surface area contributed by atoms with Crippen LogP contribution in [0.2, 0.25) is 0 Å². The Morgan fingerprint density at radius 3 is 2.57 bits per heavy atom. The van der Waals surface area contributed by atoms with Crippen LogP contribution in [0.25, 0.3) is 0 Å². The fourth-order valence-electron chi connectivity index (χ4n) is 3.88. The maximum atomic E-state index is 12.1. The number of hydrogen-bond acceptors (Lipinski definition) is 3. The van der Waals surface area contributed by atoms with Gasteiger partial charge in [-0.1, -0.05) is 48.5 Å². The lowest BCUT2D eigenvalue weighted by Gasteiger charge is -2.49. The van der Waals surface area contributed by atoms with Crippen molar-refractivity contribution in [3.63, 3.8) is 0 Å². The second kappa shape index (κ2) is 5.10. The van der Waals surface area contributed by atoms with Crippen molar-refractivity contribution in [3.05, 3.63) is 65.7 Å². The van der Waals surface area contributed by atoms with Crippen LogP contribution in [0.1, 0.15) is 30.9 Å². The van der Waals surface area contributed by atoms with Crippen LogP contribution >= 0.6 is 0 Å². The third-order valence-electron chi connectivity index (χ3n) is 4.94. The minimum atomic E-state index is -0.472. The molecular formula is C19H20N2O2. The summed E-state index contributed by atoms with van der Waals surface area (Å²) < 4.78 is 6.40. The number of rotatable bonds is 1. The van der Waals surface area contributed by atoms with Crippen molar-refractivity contribution in [1.29, 1.82) is 0 Å². The normalized spacial score (nSPS) is 29.5. The van der Waals surface area contributed by atoms with Crippen LogP contribution in [0.3, 0.4) is 0 Å². The van der Waals surface area contributed by atoms with Crippen molar-refractivity contribution >= 4 is 5.91 Å². The van der Waals surface area contributed by atoms with Gasteiger partial charge in [0.2, 0.25) is 5.91 Å². The van der Waals surface area contributed by atoms with Crippen molar-refractivity contribution in [1.82, 2.24) is 10.6 Å². The summed E-state index contributed by atoms with van der Waals surface area (Å²) in [5.41, 5.74) is 1.34. The molecule has 4 heteroatoms. The van der Waals surface area contributed by atoms with E-state index < -0.39 is 5.60 Å². The molecule has 23 heavy (non-hydrogen) atoms. The number of fused-ring (bicyclic) bond motifs is 2. The molecule has 118 valence electrons. The Kier molecular flexibility index (Phi) is 3.16. The van der Waals surface area contributed by atoms with E-state index in [1.54, 1.807) is 0 Å². The van der Waals surface area contributed by atoms with Crippen LogP contribution in [-0.4, -0.2) is 12.6 Å². The highest BCUT2D eigenvalue weighted by atomic mass is 16.5. The monoisotopic (exact) mass is 308 g/mol. The molecule has 1 amide bonds. The van der Waals surface area contributed by atoms with E-state index in [1.807, 2.05) is 36.4 Å². The molecule has 2 unspecified atom stereocenters. The second-order valence-corrected chi connectivity index (χ2v) is 6.58. The van der Waals surface area contributed by atoms with Crippen LogP contribution in [0.4, 0.5) is 0 Å². The molecule has 2 N–H and O–H groups in total. The van der Waals surface area contributed by atoms with E-state index in [4.69, 9.17) is 4.74 Å². The molecule has 0 aliphatic carbocycles. The minimum Gasteiger partial charge on any atom is -0.482 e. The first-order chi connectivity index (χ1) is 11.1. The lowest BCUT2D eigenvalue weighted by molar-refractivity contribution is -0.126. The van der Waals surface area contributed by atoms with Gasteiger partial charge < -0.3 is 10.1 Å². The number of nitrogens with one attached hydrogen (secondary N) is 2. The standard InChI is InChI=1S/C19H20N2O2/c1-18(14-7-3-2-4-8-14)12-19(11-17(22)20-13-21-19)15-9-5-6-10-16(15)23-18/h2-10,21H,11-13H2,1H3,(H,20,22). The van der Waals surface area contributed by atoms with Crippen LogP contribution in [0.15, 0.2) is 54.6 Å². The van der Waals surface area contributed by atoms with Crippen LogP contribution in [-0.2, 0) is 15.9 Å². The Hall–Kier alpha value is -2.33. The first-order valence-corrected chi connectivity index (χ1v) is 7.97. The predicted octanol–water partition coefficient (Wildman–Crippen LogP) is 2.65. The van der Waals surface area contributed by atoms with Crippen LogP contribution in [0, 0.1) is 0 Å². The Balaban J connectivity index is 1.85. The molecule has 2 atom stereocenters. The van der Waals surface area contributed by atoms with Crippen LogP contribution < -0.4 is 15.4 Å². The third-order valence-corrected chi connectivity index (χ3v) is 4.94. The van der Waals surface area contributed by atoms with Gasteiger partial charge >= 0.3 is 0 Å². The topological polar surface area (TPSA) is 50.4 Å². The highest BCUT2D eigenvalue weighted by molar-refractivity contribution is 5.79. The van der Waals surface area contributed by atoms with E-state index in [1.165, 1.54) is 0 Å². The summed E-state index contributed by atoms with van der Waals surface area (Å²) in [5.74, 6) is 0.933. The summed E-state index contributed by atoms with van der Waals surface area (Å²) in [7, 11) is 0. The first-order valence-electron chi connectivity index (χ1n) is 7.97. The van der Waals surface area contributed by atoms with Crippen LogP contribution in [0.5, 0.6) is 5.75 Å². The number of benzene rings is 2. The van der Waals surface area contributed by atoms with Crippen molar-refractivity contribution < 1.29 is 9.53 Å². The highest BCUT2D eigenvalue weighted by Gasteiger charge is 2.49. The minimum absolute atomic E-state index is 0.0795. The van der Waals surface area contributed by atoms with E-state index in [-0.39, 0.29) is 11.4 Å². The maximum absolute atomic E-state index is 12.1. The summed E-state index contributed by atoms with van der Waals surface area (Å²) in [4.78, 5) is 12.1.